The molecule has 4 heterocycles. The Morgan fingerprint density at radius 3 is 2.33 bits per heavy atom. The van der Waals surface area contributed by atoms with Crippen LogP contribution in [0.4, 0.5) is 0 Å². The molecule has 3 nitrogen and oxygen atoms in total. The monoisotopic (exact) mass is 291 g/mol. The van der Waals surface area contributed by atoms with Crippen molar-refractivity contribution < 1.29 is 0 Å². The molecule has 5 aliphatic rings. The second-order valence-electron chi connectivity index (χ2n) is 8.02. The van der Waals surface area contributed by atoms with Gasteiger partial charge in [0.2, 0.25) is 0 Å². The van der Waals surface area contributed by atoms with Crippen LogP contribution in [0, 0.1) is 11.8 Å². The Morgan fingerprint density at radius 1 is 0.810 bits per heavy atom. The van der Waals surface area contributed by atoms with Crippen molar-refractivity contribution in [3.63, 3.8) is 0 Å². The van der Waals surface area contributed by atoms with Crippen LogP contribution in [0.15, 0.2) is 0 Å². The molecule has 0 radical (unpaired) electrons. The summed E-state index contributed by atoms with van der Waals surface area (Å²) in [5, 5.41) is 7.99. The first-order valence-electron chi connectivity index (χ1n) is 9.62. The SMILES string of the molecule is C1CCC(C2CCCCC2NC2CN3CCC2CC3)NC1. The molecular weight excluding hydrogens is 258 g/mol. The van der Waals surface area contributed by atoms with Crippen LogP contribution in [0.2, 0.25) is 0 Å². The maximum Gasteiger partial charge on any atom is 0.0226 e. The summed E-state index contributed by atoms with van der Waals surface area (Å²) in [6.07, 6.45) is 12.9. The van der Waals surface area contributed by atoms with E-state index < -0.39 is 0 Å². The van der Waals surface area contributed by atoms with Crippen LogP contribution in [0.5, 0.6) is 0 Å². The molecule has 4 aliphatic heterocycles. The van der Waals surface area contributed by atoms with Crippen molar-refractivity contribution in [1.29, 1.82) is 0 Å². The van der Waals surface area contributed by atoms with E-state index in [0.717, 1.165) is 30.0 Å². The lowest BCUT2D eigenvalue weighted by molar-refractivity contribution is 0.0532. The molecule has 0 amide bonds. The van der Waals surface area contributed by atoms with Gasteiger partial charge >= 0.3 is 0 Å². The van der Waals surface area contributed by atoms with Crippen molar-refractivity contribution in [3.8, 4) is 0 Å². The van der Waals surface area contributed by atoms with Gasteiger partial charge in [0.15, 0.2) is 0 Å². The number of hydrogen-bond acceptors (Lipinski definition) is 3. The fraction of sp³-hybridized carbons (Fsp3) is 1.00. The Labute approximate surface area is 130 Å². The first-order valence-corrected chi connectivity index (χ1v) is 9.62. The summed E-state index contributed by atoms with van der Waals surface area (Å²) < 4.78 is 0. The Bertz CT molecular complexity index is 331. The van der Waals surface area contributed by atoms with E-state index >= 15 is 0 Å². The highest BCUT2D eigenvalue weighted by molar-refractivity contribution is 4.97. The minimum absolute atomic E-state index is 0.792. The number of piperidine rings is 4. The normalized spacial score (nSPS) is 47.4. The predicted molar refractivity (Wildman–Crippen MR) is 87.5 cm³/mol. The number of hydrogen-bond donors (Lipinski definition) is 2. The van der Waals surface area contributed by atoms with Crippen LogP contribution in [-0.2, 0) is 0 Å². The summed E-state index contributed by atoms with van der Waals surface area (Å²) in [4.78, 5) is 2.69. The molecule has 1 aliphatic carbocycles. The van der Waals surface area contributed by atoms with Gasteiger partial charge in [0.1, 0.15) is 0 Å². The summed E-state index contributed by atoms with van der Waals surface area (Å²) in [7, 11) is 0. The minimum atomic E-state index is 0.792. The Morgan fingerprint density at radius 2 is 1.62 bits per heavy atom. The third-order valence-electron chi connectivity index (χ3n) is 6.77. The smallest absolute Gasteiger partial charge is 0.0226 e. The average Bonchev–Trinajstić information content (AvgIpc) is 2.57. The second kappa shape index (κ2) is 6.55. The minimum Gasteiger partial charge on any atom is -0.314 e. The second-order valence-corrected chi connectivity index (χ2v) is 8.02. The molecule has 5 rings (SSSR count). The van der Waals surface area contributed by atoms with Gasteiger partial charge in [-0.25, -0.2) is 0 Å². The van der Waals surface area contributed by atoms with Gasteiger partial charge in [0, 0.05) is 24.7 Å². The van der Waals surface area contributed by atoms with Gasteiger partial charge < -0.3 is 15.5 Å². The molecule has 0 aromatic rings. The topological polar surface area (TPSA) is 27.3 Å². The van der Waals surface area contributed by atoms with E-state index in [-0.39, 0.29) is 0 Å². The van der Waals surface area contributed by atoms with Crippen LogP contribution < -0.4 is 10.6 Å². The molecule has 0 aromatic carbocycles. The van der Waals surface area contributed by atoms with Crippen molar-refractivity contribution in [1.82, 2.24) is 15.5 Å². The van der Waals surface area contributed by atoms with Crippen LogP contribution in [-0.4, -0.2) is 49.2 Å². The van der Waals surface area contributed by atoms with E-state index in [0.29, 0.717) is 0 Å². The molecule has 4 saturated heterocycles. The molecule has 120 valence electrons. The van der Waals surface area contributed by atoms with E-state index in [1.165, 1.54) is 84.0 Å². The standard InChI is InChI=1S/C18H33N3/c1-2-7-17(15(5-1)16-6-3-4-10-19-16)20-18-13-21-11-8-14(18)9-12-21/h14-20H,1-13H2. The number of nitrogens with zero attached hydrogens (tertiary/aromatic N) is 1. The number of rotatable bonds is 3. The summed E-state index contributed by atoms with van der Waals surface area (Å²) in [5.74, 6) is 1.87. The fourth-order valence-electron chi connectivity index (χ4n) is 5.52. The van der Waals surface area contributed by atoms with E-state index in [1.807, 2.05) is 0 Å². The van der Waals surface area contributed by atoms with Gasteiger partial charge in [-0.15, -0.1) is 0 Å². The fourth-order valence-corrected chi connectivity index (χ4v) is 5.52. The lowest BCUT2D eigenvalue weighted by Crippen LogP contribution is -2.61. The molecule has 0 aromatic heterocycles. The number of fused-ring (bicyclic) bond motifs is 3. The Hall–Kier alpha value is -0.120. The average molecular weight is 291 g/mol. The van der Waals surface area contributed by atoms with Gasteiger partial charge in [-0.2, -0.15) is 0 Å². The quantitative estimate of drug-likeness (QED) is 0.836. The van der Waals surface area contributed by atoms with Gasteiger partial charge in [0.25, 0.3) is 0 Å². The van der Waals surface area contributed by atoms with Gasteiger partial charge in [-0.3, -0.25) is 0 Å². The van der Waals surface area contributed by atoms with Gasteiger partial charge in [-0.05, 0) is 70.0 Å². The highest BCUT2D eigenvalue weighted by Gasteiger charge is 2.38. The lowest BCUT2D eigenvalue weighted by atomic mass is 9.75. The third-order valence-corrected chi connectivity index (χ3v) is 6.77. The maximum atomic E-state index is 4.15. The first-order chi connectivity index (χ1) is 10.4. The van der Waals surface area contributed by atoms with Crippen molar-refractivity contribution in [2.45, 2.75) is 75.9 Å². The zero-order valence-corrected chi connectivity index (χ0v) is 13.5. The molecule has 2 N–H and O–H groups in total. The molecule has 1 saturated carbocycles. The molecule has 2 bridgehead atoms. The van der Waals surface area contributed by atoms with Gasteiger partial charge in [-0.1, -0.05) is 19.3 Å². The van der Waals surface area contributed by atoms with Crippen LogP contribution in [0.1, 0.15) is 57.8 Å². The van der Waals surface area contributed by atoms with Crippen LogP contribution >= 0.6 is 0 Å². The molecule has 21 heavy (non-hydrogen) atoms. The largest absolute Gasteiger partial charge is 0.314 e. The predicted octanol–water partition coefficient (Wildman–Crippen LogP) is 2.37. The summed E-state index contributed by atoms with van der Waals surface area (Å²) in [6.45, 7) is 5.31. The maximum absolute atomic E-state index is 4.15. The summed E-state index contributed by atoms with van der Waals surface area (Å²) in [5.41, 5.74) is 0. The van der Waals surface area contributed by atoms with Gasteiger partial charge in [0.05, 0.1) is 0 Å². The zero-order chi connectivity index (χ0) is 14.1. The molecule has 5 fully saturated rings. The van der Waals surface area contributed by atoms with E-state index in [9.17, 15) is 0 Å². The third kappa shape index (κ3) is 3.16. The summed E-state index contributed by atoms with van der Waals surface area (Å²) in [6, 6.07) is 2.39. The molecular formula is C18H33N3. The van der Waals surface area contributed by atoms with Crippen molar-refractivity contribution in [3.05, 3.63) is 0 Å². The lowest BCUT2D eigenvalue weighted by Gasteiger charge is -2.48. The molecule has 3 heteroatoms. The molecule has 4 unspecified atom stereocenters. The van der Waals surface area contributed by atoms with E-state index in [4.69, 9.17) is 0 Å². The first kappa shape index (κ1) is 14.5. The van der Waals surface area contributed by atoms with Crippen molar-refractivity contribution in [2.24, 2.45) is 11.8 Å². The molecule has 4 atom stereocenters. The zero-order valence-electron chi connectivity index (χ0n) is 13.5. The van der Waals surface area contributed by atoms with E-state index in [2.05, 4.69) is 15.5 Å². The Kier molecular flexibility index (Phi) is 4.52. The highest BCUT2D eigenvalue weighted by Crippen LogP contribution is 2.33. The number of nitrogens with one attached hydrogen (secondary N) is 2. The molecule has 0 spiro atoms. The van der Waals surface area contributed by atoms with Crippen molar-refractivity contribution >= 4 is 0 Å². The van der Waals surface area contributed by atoms with E-state index in [1.54, 1.807) is 0 Å². The van der Waals surface area contributed by atoms with Crippen molar-refractivity contribution in [2.75, 3.05) is 26.2 Å². The van der Waals surface area contributed by atoms with Crippen LogP contribution in [0.25, 0.3) is 0 Å². The Balaban J connectivity index is 1.39. The highest BCUT2D eigenvalue weighted by atomic mass is 15.2. The summed E-state index contributed by atoms with van der Waals surface area (Å²) >= 11 is 0. The van der Waals surface area contributed by atoms with Crippen LogP contribution in [0.3, 0.4) is 0 Å².